The number of rotatable bonds is 4. The Bertz CT molecular complexity index is 872. The minimum Gasteiger partial charge on any atom is -0.333 e. The zero-order chi connectivity index (χ0) is 16.4. The molecule has 0 spiro atoms. The molecule has 118 valence electrons. The van der Waals surface area contributed by atoms with E-state index in [1.54, 1.807) is 17.5 Å². The number of thiophene rings is 1. The lowest BCUT2D eigenvalue weighted by molar-refractivity contribution is -0.111. The van der Waals surface area contributed by atoms with Crippen LogP contribution in [-0.2, 0) is 11.8 Å². The summed E-state index contributed by atoms with van der Waals surface area (Å²) in [4.78, 5) is 22.8. The molecule has 0 atom stereocenters. The van der Waals surface area contributed by atoms with Crippen LogP contribution in [0, 0.1) is 13.8 Å². The molecule has 1 N–H and O–H groups in total. The molecule has 23 heavy (non-hydrogen) atoms. The quantitative estimate of drug-likeness (QED) is 0.731. The van der Waals surface area contributed by atoms with Crippen LogP contribution in [0.15, 0.2) is 29.9 Å². The first kappa shape index (κ1) is 15.6. The van der Waals surface area contributed by atoms with Crippen molar-refractivity contribution in [1.82, 2.24) is 14.5 Å². The van der Waals surface area contributed by atoms with E-state index in [0.717, 1.165) is 21.3 Å². The molecular weight excluding hydrogens is 328 g/mol. The summed E-state index contributed by atoms with van der Waals surface area (Å²) in [7, 11) is 1.94. The van der Waals surface area contributed by atoms with Crippen LogP contribution in [0.2, 0.25) is 0 Å². The minimum absolute atomic E-state index is 0.182. The van der Waals surface area contributed by atoms with Crippen LogP contribution < -0.4 is 5.32 Å². The highest BCUT2D eigenvalue weighted by molar-refractivity contribution is 7.19. The summed E-state index contributed by atoms with van der Waals surface area (Å²) in [6.45, 7) is 3.94. The minimum atomic E-state index is -0.182. The Kier molecular flexibility index (Phi) is 4.40. The Morgan fingerprint density at radius 3 is 2.87 bits per heavy atom. The van der Waals surface area contributed by atoms with E-state index in [-0.39, 0.29) is 5.91 Å². The Morgan fingerprint density at radius 2 is 2.22 bits per heavy atom. The van der Waals surface area contributed by atoms with Crippen molar-refractivity contribution in [2.45, 2.75) is 13.8 Å². The monoisotopic (exact) mass is 344 g/mol. The standard InChI is InChI=1S/C16H16N4OS2/c1-10-6-9-22-12(10)4-5-13(21)19-16-18-11(2)14(23-16)15-17-7-8-20(15)3/h4-9H,1-3H3,(H,18,19,21)/b5-4+. The van der Waals surface area contributed by atoms with E-state index in [2.05, 4.69) is 15.3 Å². The second kappa shape index (κ2) is 6.47. The van der Waals surface area contributed by atoms with Gasteiger partial charge in [-0.3, -0.25) is 10.1 Å². The summed E-state index contributed by atoms with van der Waals surface area (Å²) >= 11 is 3.04. The van der Waals surface area contributed by atoms with Gasteiger partial charge in [0.1, 0.15) is 0 Å². The van der Waals surface area contributed by atoms with E-state index >= 15 is 0 Å². The third-order valence-electron chi connectivity index (χ3n) is 3.34. The molecule has 0 radical (unpaired) electrons. The number of amides is 1. The number of nitrogens with zero attached hydrogens (tertiary/aromatic N) is 3. The average Bonchev–Trinajstić information content (AvgIpc) is 3.18. The first-order chi connectivity index (χ1) is 11.0. The maximum absolute atomic E-state index is 12.0. The number of aromatic nitrogens is 3. The van der Waals surface area contributed by atoms with Crippen molar-refractivity contribution in [1.29, 1.82) is 0 Å². The first-order valence-corrected chi connectivity index (χ1v) is 8.72. The van der Waals surface area contributed by atoms with Crippen molar-refractivity contribution in [3.05, 3.63) is 46.1 Å². The molecule has 0 bridgehead atoms. The number of imidazole rings is 1. The summed E-state index contributed by atoms with van der Waals surface area (Å²) in [5.74, 6) is 0.670. The van der Waals surface area contributed by atoms with Crippen LogP contribution in [0.5, 0.6) is 0 Å². The van der Waals surface area contributed by atoms with Crippen LogP contribution >= 0.6 is 22.7 Å². The highest BCUT2D eigenvalue weighted by Gasteiger charge is 2.14. The molecule has 1 amide bonds. The molecule has 0 aliphatic heterocycles. The molecule has 0 aliphatic rings. The SMILES string of the molecule is Cc1ccsc1/C=C/C(=O)Nc1nc(C)c(-c2nccn2C)s1. The van der Waals surface area contributed by atoms with Gasteiger partial charge >= 0.3 is 0 Å². The fraction of sp³-hybridized carbons (Fsp3) is 0.188. The second-order valence-electron chi connectivity index (χ2n) is 5.09. The van der Waals surface area contributed by atoms with Crippen LogP contribution in [0.4, 0.5) is 5.13 Å². The molecule has 0 unspecified atom stereocenters. The third-order valence-corrected chi connectivity index (χ3v) is 5.39. The Balaban J connectivity index is 1.74. The van der Waals surface area contributed by atoms with E-state index in [0.29, 0.717) is 5.13 Å². The molecule has 3 aromatic rings. The Labute approximate surface area is 142 Å². The smallest absolute Gasteiger partial charge is 0.250 e. The van der Waals surface area contributed by atoms with Crippen molar-refractivity contribution < 1.29 is 4.79 Å². The molecule has 5 nitrogen and oxygen atoms in total. The van der Waals surface area contributed by atoms with Gasteiger partial charge in [0, 0.05) is 30.4 Å². The lowest BCUT2D eigenvalue weighted by Gasteiger charge is -1.97. The lowest BCUT2D eigenvalue weighted by Crippen LogP contribution is -2.07. The highest BCUT2D eigenvalue weighted by Crippen LogP contribution is 2.31. The summed E-state index contributed by atoms with van der Waals surface area (Å²) in [5.41, 5.74) is 2.03. The molecule has 3 aromatic heterocycles. The maximum atomic E-state index is 12.0. The molecule has 3 rings (SSSR count). The van der Waals surface area contributed by atoms with Crippen molar-refractivity contribution in [2.75, 3.05) is 5.32 Å². The van der Waals surface area contributed by atoms with Crippen molar-refractivity contribution in [3.8, 4) is 10.7 Å². The van der Waals surface area contributed by atoms with E-state index in [9.17, 15) is 4.79 Å². The number of thiazole rings is 1. The molecular formula is C16H16N4OS2. The van der Waals surface area contributed by atoms with E-state index in [1.165, 1.54) is 23.0 Å². The number of anilines is 1. The van der Waals surface area contributed by atoms with Crippen LogP contribution in [0.1, 0.15) is 16.1 Å². The zero-order valence-corrected chi connectivity index (χ0v) is 14.7. The van der Waals surface area contributed by atoms with E-state index in [1.807, 2.05) is 49.2 Å². The number of carbonyl (C=O) groups excluding carboxylic acids is 1. The number of hydrogen-bond acceptors (Lipinski definition) is 5. The van der Waals surface area contributed by atoms with Crippen LogP contribution in [0.3, 0.4) is 0 Å². The number of nitrogens with one attached hydrogen (secondary N) is 1. The molecule has 7 heteroatoms. The number of carbonyl (C=O) groups is 1. The van der Waals surface area contributed by atoms with Gasteiger partial charge in [-0.15, -0.1) is 11.3 Å². The average molecular weight is 344 g/mol. The lowest BCUT2D eigenvalue weighted by atomic mass is 10.3. The maximum Gasteiger partial charge on any atom is 0.250 e. The first-order valence-electron chi connectivity index (χ1n) is 7.03. The van der Waals surface area contributed by atoms with Gasteiger partial charge in [-0.25, -0.2) is 9.97 Å². The van der Waals surface area contributed by atoms with Gasteiger partial charge in [0.05, 0.1) is 10.6 Å². The molecule has 0 aliphatic carbocycles. The third kappa shape index (κ3) is 3.40. The molecule has 0 saturated heterocycles. The predicted molar refractivity (Wildman–Crippen MR) is 95.8 cm³/mol. The summed E-state index contributed by atoms with van der Waals surface area (Å²) in [5, 5.41) is 5.41. The molecule has 0 aromatic carbocycles. The van der Waals surface area contributed by atoms with Gasteiger partial charge in [-0.2, -0.15) is 0 Å². The molecule has 3 heterocycles. The van der Waals surface area contributed by atoms with E-state index in [4.69, 9.17) is 0 Å². The summed E-state index contributed by atoms with van der Waals surface area (Å²) in [6.07, 6.45) is 7.00. The van der Waals surface area contributed by atoms with Gasteiger partial charge in [0.2, 0.25) is 5.91 Å². The summed E-state index contributed by atoms with van der Waals surface area (Å²) in [6, 6.07) is 2.03. The van der Waals surface area contributed by atoms with Crippen molar-refractivity contribution >= 4 is 39.8 Å². The van der Waals surface area contributed by atoms with E-state index < -0.39 is 0 Å². The highest BCUT2D eigenvalue weighted by atomic mass is 32.1. The van der Waals surface area contributed by atoms with Gasteiger partial charge in [-0.1, -0.05) is 11.3 Å². The van der Waals surface area contributed by atoms with Gasteiger partial charge in [0.25, 0.3) is 0 Å². The normalized spacial score (nSPS) is 11.3. The topological polar surface area (TPSA) is 59.8 Å². The number of hydrogen-bond donors (Lipinski definition) is 1. The Morgan fingerprint density at radius 1 is 1.39 bits per heavy atom. The molecule has 0 fully saturated rings. The van der Waals surface area contributed by atoms with Gasteiger partial charge in [0.15, 0.2) is 11.0 Å². The Hall–Kier alpha value is -2.25. The fourth-order valence-corrected chi connectivity index (χ4v) is 3.92. The zero-order valence-electron chi connectivity index (χ0n) is 13.0. The largest absolute Gasteiger partial charge is 0.333 e. The van der Waals surface area contributed by atoms with Gasteiger partial charge in [-0.05, 0) is 36.9 Å². The predicted octanol–water partition coefficient (Wildman–Crippen LogP) is 3.87. The second-order valence-corrected chi connectivity index (χ2v) is 7.03. The molecule has 0 saturated carbocycles. The van der Waals surface area contributed by atoms with Crippen LogP contribution in [0.25, 0.3) is 16.8 Å². The summed E-state index contributed by atoms with van der Waals surface area (Å²) < 4.78 is 1.94. The number of aryl methyl sites for hydroxylation is 3. The van der Waals surface area contributed by atoms with Crippen molar-refractivity contribution in [2.24, 2.45) is 7.05 Å². The fourth-order valence-electron chi connectivity index (χ4n) is 2.10. The van der Waals surface area contributed by atoms with Crippen LogP contribution in [-0.4, -0.2) is 20.4 Å². The van der Waals surface area contributed by atoms with Crippen molar-refractivity contribution in [3.63, 3.8) is 0 Å². The van der Waals surface area contributed by atoms with Gasteiger partial charge < -0.3 is 4.57 Å².